The summed E-state index contributed by atoms with van der Waals surface area (Å²) >= 11 is 0. The molecular weight excluding hydrogens is 256 g/mol. The van der Waals surface area contributed by atoms with Crippen molar-refractivity contribution in [1.29, 1.82) is 0 Å². The number of methoxy groups -OCH3 is 1. The number of nitrogens with zero attached hydrogens (tertiary/aromatic N) is 2. The molecule has 2 rings (SSSR count). The molecule has 1 saturated carbocycles. The van der Waals surface area contributed by atoms with E-state index in [0.717, 1.165) is 12.8 Å². The Balaban J connectivity index is 1.67. The third-order valence-electron chi connectivity index (χ3n) is 3.48. The van der Waals surface area contributed by atoms with Gasteiger partial charge in [-0.3, -0.25) is 4.79 Å². The first-order chi connectivity index (χ1) is 9.78. The molecule has 6 heteroatoms. The molecule has 0 bridgehead atoms. The zero-order valence-electron chi connectivity index (χ0n) is 11.9. The number of nitrogens with one attached hydrogen (secondary N) is 2. The van der Waals surface area contributed by atoms with Crippen molar-refractivity contribution in [3.8, 4) is 5.88 Å². The number of aromatic nitrogens is 2. The van der Waals surface area contributed by atoms with Crippen molar-refractivity contribution in [1.82, 2.24) is 15.3 Å². The Labute approximate surface area is 119 Å². The van der Waals surface area contributed by atoms with Gasteiger partial charge in [0.15, 0.2) is 0 Å². The lowest BCUT2D eigenvalue weighted by atomic mass is 9.95. The summed E-state index contributed by atoms with van der Waals surface area (Å²) < 4.78 is 5.01. The van der Waals surface area contributed by atoms with E-state index in [2.05, 4.69) is 20.6 Å². The third-order valence-corrected chi connectivity index (χ3v) is 3.48. The van der Waals surface area contributed by atoms with E-state index in [1.165, 1.54) is 25.6 Å². The third kappa shape index (κ3) is 4.68. The van der Waals surface area contributed by atoms with Gasteiger partial charge in [0.05, 0.1) is 7.11 Å². The van der Waals surface area contributed by atoms with Crippen molar-refractivity contribution in [3.63, 3.8) is 0 Å². The quantitative estimate of drug-likeness (QED) is 0.829. The van der Waals surface area contributed by atoms with Crippen LogP contribution in [-0.2, 0) is 4.79 Å². The lowest BCUT2D eigenvalue weighted by Gasteiger charge is -2.22. The van der Waals surface area contributed by atoms with Crippen LogP contribution in [0.3, 0.4) is 0 Å². The Morgan fingerprint density at radius 2 is 2.15 bits per heavy atom. The summed E-state index contributed by atoms with van der Waals surface area (Å²) in [5, 5.41) is 6.19. The Kier molecular flexibility index (Phi) is 5.58. The van der Waals surface area contributed by atoms with Gasteiger partial charge in [-0.1, -0.05) is 19.3 Å². The molecule has 0 aliphatic heterocycles. The topological polar surface area (TPSA) is 76.1 Å². The van der Waals surface area contributed by atoms with E-state index in [4.69, 9.17) is 4.74 Å². The van der Waals surface area contributed by atoms with E-state index >= 15 is 0 Å². The molecule has 0 atom stereocenters. The first-order valence-corrected chi connectivity index (χ1v) is 7.17. The van der Waals surface area contributed by atoms with E-state index in [-0.39, 0.29) is 5.91 Å². The van der Waals surface area contributed by atoms with Gasteiger partial charge < -0.3 is 15.4 Å². The van der Waals surface area contributed by atoms with Crippen molar-refractivity contribution in [3.05, 3.63) is 12.4 Å². The first-order valence-electron chi connectivity index (χ1n) is 7.17. The molecule has 1 fully saturated rings. The summed E-state index contributed by atoms with van der Waals surface area (Å²) in [5.41, 5.74) is 0. The van der Waals surface area contributed by atoms with E-state index in [9.17, 15) is 4.79 Å². The standard InChI is InChI=1S/C14H22N4O2/c1-20-14-9-12(16-10-17-14)15-8-7-13(19)18-11-5-3-2-4-6-11/h9-11H,2-8H2,1H3,(H,18,19)(H,15,16,17). The molecule has 6 nitrogen and oxygen atoms in total. The van der Waals surface area contributed by atoms with Crippen LogP contribution < -0.4 is 15.4 Å². The van der Waals surface area contributed by atoms with Gasteiger partial charge in [0, 0.05) is 25.1 Å². The zero-order chi connectivity index (χ0) is 14.2. The summed E-state index contributed by atoms with van der Waals surface area (Å²) in [6.45, 7) is 0.554. The minimum absolute atomic E-state index is 0.102. The van der Waals surface area contributed by atoms with E-state index in [1.807, 2.05) is 0 Å². The largest absolute Gasteiger partial charge is 0.481 e. The molecule has 0 radical (unpaired) electrons. The maximum absolute atomic E-state index is 11.8. The van der Waals surface area contributed by atoms with Gasteiger partial charge in [-0.15, -0.1) is 0 Å². The van der Waals surface area contributed by atoms with Crippen LogP contribution >= 0.6 is 0 Å². The molecule has 1 amide bonds. The van der Waals surface area contributed by atoms with Crippen LogP contribution in [-0.4, -0.2) is 35.6 Å². The number of ether oxygens (including phenoxy) is 1. The van der Waals surface area contributed by atoms with E-state index in [1.54, 1.807) is 13.2 Å². The fourth-order valence-electron chi connectivity index (χ4n) is 2.40. The van der Waals surface area contributed by atoms with Gasteiger partial charge in [0.2, 0.25) is 11.8 Å². The molecule has 2 N–H and O–H groups in total. The van der Waals surface area contributed by atoms with Crippen LogP contribution in [0.2, 0.25) is 0 Å². The maximum atomic E-state index is 11.8. The van der Waals surface area contributed by atoms with E-state index < -0.39 is 0 Å². The molecule has 1 heterocycles. The van der Waals surface area contributed by atoms with Gasteiger partial charge in [-0.2, -0.15) is 0 Å². The van der Waals surface area contributed by atoms with Gasteiger partial charge in [0.1, 0.15) is 12.1 Å². The predicted molar refractivity (Wildman–Crippen MR) is 76.7 cm³/mol. The van der Waals surface area contributed by atoms with Gasteiger partial charge >= 0.3 is 0 Å². The molecule has 0 spiro atoms. The summed E-state index contributed by atoms with van der Waals surface area (Å²) in [6, 6.07) is 2.08. The highest BCUT2D eigenvalue weighted by Crippen LogP contribution is 2.17. The van der Waals surface area contributed by atoms with Crippen molar-refractivity contribution in [2.24, 2.45) is 0 Å². The number of anilines is 1. The Bertz CT molecular complexity index is 433. The summed E-state index contributed by atoms with van der Waals surface area (Å²) in [6.07, 6.45) is 7.86. The highest BCUT2D eigenvalue weighted by Gasteiger charge is 2.15. The van der Waals surface area contributed by atoms with Crippen LogP contribution in [0.5, 0.6) is 5.88 Å². The van der Waals surface area contributed by atoms with Crippen LogP contribution in [0.25, 0.3) is 0 Å². The summed E-state index contributed by atoms with van der Waals surface area (Å²) in [5.74, 6) is 1.28. The van der Waals surface area contributed by atoms with Crippen LogP contribution in [0.1, 0.15) is 38.5 Å². The second-order valence-corrected chi connectivity index (χ2v) is 5.02. The first kappa shape index (κ1) is 14.6. The van der Waals surface area contributed by atoms with Crippen molar-refractivity contribution in [2.75, 3.05) is 19.0 Å². The summed E-state index contributed by atoms with van der Waals surface area (Å²) in [4.78, 5) is 19.8. The number of hydrogen-bond donors (Lipinski definition) is 2. The Morgan fingerprint density at radius 1 is 1.35 bits per heavy atom. The number of carbonyl (C=O) groups is 1. The Hall–Kier alpha value is -1.85. The molecule has 110 valence electrons. The molecular formula is C14H22N4O2. The number of hydrogen-bond acceptors (Lipinski definition) is 5. The Morgan fingerprint density at radius 3 is 2.90 bits per heavy atom. The smallest absolute Gasteiger partial charge is 0.221 e. The maximum Gasteiger partial charge on any atom is 0.221 e. The molecule has 0 aromatic carbocycles. The normalized spacial score (nSPS) is 15.7. The van der Waals surface area contributed by atoms with Crippen LogP contribution in [0.15, 0.2) is 12.4 Å². The number of rotatable bonds is 6. The lowest BCUT2D eigenvalue weighted by Crippen LogP contribution is -2.36. The fourth-order valence-corrected chi connectivity index (χ4v) is 2.40. The summed E-state index contributed by atoms with van der Waals surface area (Å²) in [7, 11) is 1.56. The zero-order valence-corrected chi connectivity index (χ0v) is 11.9. The van der Waals surface area contributed by atoms with Crippen LogP contribution in [0.4, 0.5) is 5.82 Å². The van der Waals surface area contributed by atoms with Crippen molar-refractivity contribution in [2.45, 2.75) is 44.6 Å². The highest BCUT2D eigenvalue weighted by molar-refractivity contribution is 5.76. The molecule has 0 unspecified atom stereocenters. The van der Waals surface area contributed by atoms with Crippen molar-refractivity contribution >= 4 is 11.7 Å². The minimum atomic E-state index is 0.102. The second-order valence-electron chi connectivity index (χ2n) is 5.02. The lowest BCUT2D eigenvalue weighted by molar-refractivity contribution is -0.121. The average Bonchev–Trinajstić information content (AvgIpc) is 2.48. The monoisotopic (exact) mass is 278 g/mol. The fraction of sp³-hybridized carbons (Fsp3) is 0.643. The van der Waals surface area contributed by atoms with Crippen molar-refractivity contribution < 1.29 is 9.53 Å². The van der Waals surface area contributed by atoms with E-state index in [0.29, 0.717) is 30.7 Å². The number of carbonyl (C=O) groups excluding carboxylic acids is 1. The predicted octanol–water partition coefficient (Wildman–Crippen LogP) is 1.74. The highest BCUT2D eigenvalue weighted by atomic mass is 16.5. The number of amides is 1. The minimum Gasteiger partial charge on any atom is -0.481 e. The average molecular weight is 278 g/mol. The van der Waals surface area contributed by atoms with Crippen LogP contribution in [0, 0.1) is 0 Å². The molecule has 1 aromatic rings. The van der Waals surface area contributed by atoms with Gasteiger partial charge in [-0.05, 0) is 12.8 Å². The second kappa shape index (κ2) is 7.67. The molecule has 1 aliphatic rings. The SMILES string of the molecule is COc1cc(NCCC(=O)NC2CCCCC2)ncn1. The molecule has 1 aromatic heterocycles. The molecule has 20 heavy (non-hydrogen) atoms. The van der Waals surface area contributed by atoms with Gasteiger partial charge in [0.25, 0.3) is 0 Å². The van der Waals surface area contributed by atoms with Gasteiger partial charge in [-0.25, -0.2) is 9.97 Å². The molecule has 1 aliphatic carbocycles. The molecule has 0 saturated heterocycles.